The first-order valence-corrected chi connectivity index (χ1v) is 8.64. The first-order valence-electron chi connectivity index (χ1n) is 8.64. The van der Waals surface area contributed by atoms with Gasteiger partial charge in [-0.15, -0.1) is 0 Å². The van der Waals surface area contributed by atoms with Gasteiger partial charge in [0.25, 0.3) is 0 Å². The summed E-state index contributed by atoms with van der Waals surface area (Å²) in [5.74, 6) is 0.611. The Labute approximate surface area is 142 Å². The second-order valence-electron chi connectivity index (χ2n) is 6.75. The van der Waals surface area contributed by atoms with Crippen LogP contribution in [0.15, 0.2) is 48.9 Å². The molecule has 0 aliphatic carbocycles. The summed E-state index contributed by atoms with van der Waals surface area (Å²) in [4.78, 5) is 10.7. The third kappa shape index (κ3) is 3.57. The van der Waals surface area contributed by atoms with Gasteiger partial charge in [-0.3, -0.25) is 9.88 Å². The van der Waals surface area contributed by atoms with Crippen LogP contribution >= 0.6 is 0 Å². The van der Waals surface area contributed by atoms with Crippen molar-refractivity contribution in [3.63, 3.8) is 0 Å². The molecule has 0 N–H and O–H groups in total. The van der Waals surface area contributed by atoms with E-state index in [2.05, 4.69) is 45.2 Å². The Morgan fingerprint density at radius 2 is 2.08 bits per heavy atom. The van der Waals surface area contributed by atoms with E-state index in [-0.39, 0.29) is 11.7 Å². The zero-order valence-corrected chi connectivity index (χ0v) is 13.8. The Kier molecular flexibility index (Phi) is 4.45. The minimum Gasteiger partial charge on any atom is -0.473 e. The maximum atomic E-state index is 6.09. The third-order valence-corrected chi connectivity index (χ3v) is 4.86. The van der Waals surface area contributed by atoms with Crippen molar-refractivity contribution in [2.75, 3.05) is 26.2 Å². The summed E-state index contributed by atoms with van der Waals surface area (Å²) in [5.41, 5.74) is 1.37. The van der Waals surface area contributed by atoms with Gasteiger partial charge in [-0.05, 0) is 12.0 Å². The van der Waals surface area contributed by atoms with Crippen LogP contribution in [0.25, 0.3) is 0 Å². The van der Waals surface area contributed by atoms with Gasteiger partial charge >= 0.3 is 0 Å². The number of hydrogen-bond acceptors (Lipinski definition) is 5. The number of hydrogen-bond donors (Lipinski definition) is 0. The molecule has 0 radical (unpaired) electrons. The summed E-state index contributed by atoms with van der Waals surface area (Å²) in [6.07, 6.45) is 8.12. The van der Waals surface area contributed by atoms with E-state index in [0.717, 1.165) is 45.5 Å². The van der Waals surface area contributed by atoms with Gasteiger partial charge in [0.05, 0.1) is 18.4 Å². The first-order chi connectivity index (χ1) is 11.8. The van der Waals surface area contributed by atoms with Crippen molar-refractivity contribution in [2.45, 2.75) is 31.0 Å². The van der Waals surface area contributed by atoms with Gasteiger partial charge in [-0.2, -0.15) is 0 Å². The maximum Gasteiger partial charge on any atom is 0.232 e. The largest absolute Gasteiger partial charge is 0.473 e. The molecule has 0 saturated carbocycles. The summed E-state index contributed by atoms with van der Waals surface area (Å²) in [5, 5.41) is 0. The van der Waals surface area contributed by atoms with E-state index in [4.69, 9.17) is 9.47 Å². The molecule has 1 atom stereocenters. The predicted molar refractivity (Wildman–Crippen MR) is 91.0 cm³/mol. The van der Waals surface area contributed by atoms with E-state index in [1.807, 2.05) is 0 Å². The molecule has 0 bridgehead atoms. The third-order valence-electron chi connectivity index (χ3n) is 4.86. The molecule has 1 aromatic heterocycles. The molecule has 2 saturated heterocycles. The minimum atomic E-state index is -0.0260. The fraction of sp³-hybridized carbons (Fsp3) is 0.474. The first kappa shape index (κ1) is 15.5. The fourth-order valence-electron chi connectivity index (χ4n) is 3.68. The molecule has 0 amide bonds. The van der Waals surface area contributed by atoms with Crippen molar-refractivity contribution < 1.29 is 9.47 Å². The second-order valence-corrected chi connectivity index (χ2v) is 6.75. The molecule has 2 fully saturated rings. The SMILES string of the molecule is c1ccc(CCN2CC3(C[C@H](Oc4cnccn4)CCO3)C2)cc1. The van der Waals surface area contributed by atoms with Crippen LogP contribution in [0.2, 0.25) is 0 Å². The van der Waals surface area contributed by atoms with Crippen LogP contribution in [0.3, 0.4) is 0 Å². The van der Waals surface area contributed by atoms with Crippen LogP contribution in [-0.2, 0) is 11.2 Å². The molecule has 4 rings (SSSR count). The highest BCUT2D eigenvalue weighted by molar-refractivity contribution is 5.15. The number of ether oxygens (including phenoxy) is 2. The van der Waals surface area contributed by atoms with Crippen LogP contribution < -0.4 is 4.74 Å². The Hall–Kier alpha value is -1.98. The van der Waals surface area contributed by atoms with E-state index >= 15 is 0 Å². The van der Waals surface area contributed by atoms with Gasteiger partial charge in [0.1, 0.15) is 6.10 Å². The number of nitrogens with zero attached hydrogens (tertiary/aromatic N) is 3. The van der Waals surface area contributed by atoms with E-state index in [0.29, 0.717) is 5.88 Å². The van der Waals surface area contributed by atoms with E-state index in [1.54, 1.807) is 18.6 Å². The molecular formula is C19H23N3O2. The second kappa shape index (κ2) is 6.87. The van der Waals surface area contributed by atoms with Crippen LogP contribution in [0.4, 0.5) is 0 Å². The zero-order valence-electron chi connectivity index (χ0n) is 13.8. The van der Waals surface area contributed by atoms with Gasteiger partial charge in [-0.1, -0.05) is 30.3 Å². The van der Waals surface area contributed by atoms with E-state index in [9.17, 15) is 0 Å². The molecule has 1 aromatic carbocycles. The highest BCUT2D eigenvalue weighted by Gasteiger charge is 2.47. The van der Waals surface area contributed by atoms with Gasteiger partial charge in [-0.25, -0.2) is 4.98 Å². The van der Waals surface area contributed by atoms with Crippen LogP contribution in [0.1, 0.15) is 18.4 Å². The lowest BCUT2D eigenvalue weighted by Gasteiger charge is -2.53. The van der Waals surface area contributed by atoms with E-state index in [1.165, 1.54) is 5.56 Å². The molecule has 3 heterocycles. The van der Waals surface area contributed by atoms with Crippen LogP contribution in [0.5, 0.6) is 5.88 Å². The molecule has 1 spiro atoms. The predicted octanol–water partition coefficient (Wildman–Crippen LogP) is 2.33. The number of aromatic nitrogens is 2. The lowest BCUT2D eigenvalue weighted by Crippen LogP contribution is -2.66. The van der Waals surface area contributed by atoms with Crippen molar-refractivity contribution >= 4 is 0 Å². The molecule has 5 heteroatoms. The number of benzene rings is 1. The molecule has 5 nitrogen and oxygen atoms in total. The summed E-state index contributed by atoms with van der Waals surface area (Å²) in [6.45, 7) is 3.85. The Morgan fingerprint density at radius 3 is 2.88 bits per heavy atom. The molecule has 126 valence electrons. The van der Waals surface area contributed by atoms with Crippen molar-refractivity contribution in [3.8, 4) is 5.88 Å². The molecular weight excluding hydrogens is 302 g/mol. The molecule has 2 aromatic rings. The average Bonchev–Trinajstić information content (AvgIpc) is 2.60. The quantitative estimate of drug-likeness (QED) is 0.844. The van der Waals surface area contributed by atoms with E-state index < -0.39 is 0 Å². The smallest absolute Gasteiger partial charge is 0.232 e. The van der Waals surface area contributed by atoms with Gasteiger partial charge in [0.2, 0.25) is 5.88 Å². The summed E-state index contributed by atoms with van der Waals surface area (Å²) in [7, 11) is 0. The molecule has 2 aliphatic heterocycles. The Balaban J connectivity index is 1.26. The lowest BCUT2D eigenvalue weighted by atomic mass is 9.84. The van der Waals surface area contributed by atoms with Gasteiger partial charge < -0.3 is 9.47 Å². The van der Waals surface area contributed by atoms with Crippen LogP contribution in [-0.4, -0.2) is 52.8 Å². The lowest BCUT2D eigenvalue weighted by molar-refractivity contribution is -0.185. The highest BCUT2D eigenvalue weighted by Crippen LogP contribution is 2.35. The van der Waals surface area contributed by atoms with Crippen molar-refractivity contribution in [3.05, 3.63) is 54.5 Å². The van der Waals surface area contributed by atoms with Crippen molar-refractivity contribution in [1.29, 1.82) is 0 Å². The van der Waals surface area contributed by atoms with Crippen LogP contribution in [0, 0.1) is 0 Å². The summed E-state index contributed by atoms with van der Waals surface area (Å²) in [6, 6.07) is 10.7. The molecule has 2 aliphatic rings. The summed E-state index contributed by atoms with van der Waals surface area (Å²) >= 11 is 0. The zero-order chi connectivity index (χ0) is 16.2. The van der Waals surface area contributed by atoms with Gasteiger partial charge in [0.15, 0.2) is 0 Å². The molecule has 24 heavy (non-hydrogen) atoms. The average molecular weight is 325 g/mol. The summed E-state index contributed by atoms with van der Waals surface area (Å²) < 4.78 is 12.1. The highest BCUT2D eigenvalue weighted by atomic mass is 16.5. The number of rotatable bonds is 5. The van der Waals surface area contributed by atoms with Crippen molar-refractivity contribution in [2.24, 2.45) is 0 Å². The monoisotopic (exact) mass is 325 g/mol. The standard InChI is InChI=1S/C19H23N3O2/c1-2-4-16(5-3-1)6-10-22-14-19(15-22)12-17(7-11-23-19)24-18-13-20-8-9-21-18/h1-5,8-9,13,17H,6-7,10-12,14-15H2/t17-/m1/s1. The number of likely N-dealkylation sites (tertiary alicyclic amines) is 1. The fourth-order valence-corrected chi connectivity index (χ4v) is 3.68. The maximum absolute atomic E-state index is 6.09. The topological polar surface area (TPSA) is 47.5 Å². The Morgan fingerprint density at radius 1 is 1.21 bits per heavy atom. The van der Waals surface area contributed by atoms with Gasteiger partial charge in [0, 0.05) is 44.9 Å². The Bertz CT molecular complexity index is 644. The molecule has 0 unspecified atom stereocenters. The minimum absolute atomic E-state index is 0.0260. The van der Waals surface area contributed by atoms with Crippen molar-refractivity contribution in [1.82, 2.24) is 14.9 Å². The normalized spacial score (nSPS) is 22.9.